The number of nitrogens with zero attached hydrogens (tertiary/aromatic N) is 2. The van der Waals surface area contributed by atoms with Gasteiger partial charge in [0.25, 0.3) is 0 Å². The van der Waals surface area contributed by atoms with Crippen LogP contribution in [0.2, 0.25) is 0 Å². The molecule has 1 saturated carbocycles. The Bertz CT molecular complexity index is 347. The van der Waals surface area contributed by atoms with Crippen LogP contribution in [0.4, 0.5) is 5.69 Å². The van der Waals surface area contributed by atoms with Crippen LogP contribution in [-0.2, 0) is 6.54 Å². The number of nitrogens with one attached hydrogen (secondary N) is 1. The second-order valence-electron chi connectivity index (χ2n) is 4.87. The highest BCUT2D eigenvalue weighted by Crippen LogP contribution is 2.28. The Hall–Kier alpha value is -1.09. The molecule has 0 aromatic carbocycles. The maximum absolute atomic E-state index is 4.37. The molecule has 0 saturated heterocycles. The molecule has 17 heavy (non-hydrogen) atoms. The molecule has 1 aliphatic rings. The van der Waals surface area contributed by atoms with Gasteiger partial charge in [-0.05, 0) is 44.9 Å². The van der Waals surface area contributed by atoms with Gasteiger partial charge in [0.05, 0.1) is 5.69 Å². The zero-order chi connectivity index (χ0) is 12.1. The lowest BCUT2D eigenvalue weighted by Crippen LogP contribution is -2.32. The highest BCUT2D eigenvalue weighted by molar-refractivity contribution is 5.46. The molecule has 0 radical (unpaired) electrons. The number of hydrogen-bond donors (Lipinski definition) is 1. The summed E-state index contributed by atoms with van der Waals surface area (Å²) < 4.78 is 0. The second-order valence-corrected chi connectivity index (χ2v) is 4.87. The molecule has 1 aromatic heterocycles. The molecule has 3 nitrogen and oxygen atoms in total. The van der Waals surface area contributed by atoms with Crippen molar-refractivity contribution in [2.24, 2.45) is 5.92 Å². The van der Waals surface area contributed by atoms with Crippen LogP contribution in [0.5, 0.6) is 0 Å². The summed E-state index contributed by atoms with van der Waals surface area (Å²) in [5.74, 6) is 0.913. The molecule has 3 heteroatoms. The lowest BCUT2D eigenvalue weighted by atomic mass is 9.85. The summed E-state index contributed by atoms with van der Waals surface area (Å²) in [5, 5.41) is 3.15. The van der Waals surface area contributed by atoms with Crippen molar-refractivity contribution >= 4 is 5.69 Å². The van der Waals surface area contributed by atoms with Gasteiger partial charge in [0.1, 0.15) is 0 Å². The molecule has 1 aliphatic carbocycles. The Labute approximate surface area is 104 Å². The standard InChI is InChI=1S/C14H23N3/c1-3-17(11-12-5-4-6-12)14-7-8-16-13(9-14)10-15-2/h7-9,12,15H,3-6,10-11H2,1-2H3. The van der Waals surface area contributed by atoms with Crippen LogP contribution >= 0.6 is 0 Å². The summed E-state index contributed by atoms with van der Waals surface area (Å²) in [4.78, 5) is 6.85. The number of rotatable bonds is 6. The Morgan fingerprint density at radius 3 is 2.88 bits per heavy atom. The first kappa shape index (κ1) is 12.4. The average molecular weight is 233 g/mol. The molecular formula is C14H23N3. The van der Waals surface area contributed by atoms with Crippen LogP contribution in [0.15, 0.2) is 18.3 Å². The van der Waals surface area contributed by atoms with Gasteiger partial charge in [-0.3, -0.25) is 4.98 Å². The molecule has 94 valence electrons. The van der Waals surface area contributed by atoms with E-state index in [2.05, 4.69) is 34.3 Å². The third-order valence-electron chi connectivity index (χ3n) is 3.61. The van der Waals surface area contributed by atoms with Gasteiger partial charge in [-0.1, -0.05) is 6.42 Å². The monoisotopic (exact) mass is 233 g/mol. The summed E-state index contributed by atoms with van der Waals surface area (Å²) in [6.07, 6.45) is 6.16. The molecule has 0 bridgehead atoms. The molecule has 2 rings (SSSR count). The molecule has 1 heterocycles. The summed E-state index contributed by atoms with van der Waals surface area (Å²) in [7, 11) is 1.96. The predicted octanol–water partition coefficient (Wildman–Crippen LogP) is 2.43. The van der Waals surface area contributed by atoms with Crippen LogP contribution < -0.4 is 10.2 Å². The van der Waals surface area contributed by atoms with Crippen molar-refractivity contribution < 1.29 is 0 Å². The van der Waals surface area contributed by atoms with Crippen molar-refractivity contribution in [2.45, 2.75) is 32.7 Å². The second kappa shape index (κ2) is 6.01. The molecule has 1 N–H and O–H groups in total. The molecule has 0 spiro atoms. The van der Waals surface area contributed by atoms with Crippen LogP contribution in [0.3, 0.4) is 0 Å². The van der Waals surface area contributed by atoms with Crippen LogP contribution in [-0.4, -0.2) is 25.1 Å². The molecule has 0 atom stereocenters. The zero-order valence-electron chi connectivity index (χ0n) is 10.9. The topological polar surface area (TPSA) is 28.2 Å². The van der Waals surface area contributed by atoms with E-state index in [1.165, 1.54) is 31.5 Å². The van der Waals surface area contributed by atoms with Crippen molar-refractivity contribution in [1.29, 1.82) is 0 Å². The van der Waals surface area contributed by atoms with E-state index < -0.39 is 0 Å². The SMILES string of the molecule is CCN(CC1CCC1)c1ccnc(CNC)c1. The van der Waals surface area contributed by atoms with E-state index in [-0.39, 0.29) is 0 Å². The predicted molar refractivity (Wildman–Crippen MR) is 72.2 cm³/mol. The largest absolute Gasteiger partial charge is 0.371 e. The van der Waals surface area contributed by atoms with Crippen molar-refractivity contribution in [3.8, 4) is 0 Å². The smallest absolute Gasteiger partial charge is 0.0562 e. The van der Waals surface area contributed by atoms with Crippen molar-refractivity contribution in [3.63, 3.8) is 0 Å². The van der Waals surface area contributed by atoms with Crippen molar-refractivity contribution in [2.75, 3.05) is 25.0 Å². The van der Waals surface area contributed by atoms with Crippen LogP contribution in [0.1, 0.15) is 31.9 Å². The molecule has 0 amide bonds. The normalized spacial score (nSPS) is 15.6. The van der Waals surface area contributed by atoms with Gasteiger partial charge in [-0.2, -0.15) is 0 Å². The molecule has 1 aromatic rings. The van der Waals surface area contributed by atoms with Crippen LogP contribution in [0, 0.1) is 5.92 Å². The molecule has 0 unspecified atom stereocenters. The fourth-order valence-corrected chi connectivity index (χ4v) is 2.34. The summed E-state index contributed by atoms with van der Waals surface area (Å²) >= 11 is 0. The van der Waals surface area contributed by atoms with E-state index in [1.807, 2.05) is 13.2 Å². The highest BCUT2D eigenvalue weighted by atomic mass is 15.1. The third-order valence-corrected chi connectivity index (χ3v) is 3.61. The van der Waals surface area contributed by atoms with Gasteiger partial charge in [-0.25, -0.2) is 0 Å². The van der Waals surface area contributed by atoms with Crippen molar-refractivity contribution in [1.82, 2.24) is 10.3 Å². The number of aromatic nitrogens is 1. The first-order valence-electron chi connectivity index (χ1n) is 6.68. The summed E-state index contributed by atoms with van der Waals surface area (Å²) in [5.41, 5.74) is 2.44. The van der Waals surface area contributed by atoms with Gasteiger partial charge in [-0.15, -0.1) is 0 Å². The van der Waals surface area contributed by atoms with E-state index in [0.717, 1.165) is 24.7 Å². The lowest BCUT2D eigenvalue weighted by molar-refractivity contribution is 0.318. The molecule has 0 aliphatic heterocycles. The Morgan fingerprint density at radius 2 is 2.29 bits per heavy atom. The van der Waals surface area contributed by atoms with E-state index in [0.29, 0.717) is 0 Å². The number of pyridine rings is 1. The fraction of sp³-hybridized carbons (Fsp3) is 0.643. The van der Waals surface area contributed by atoms with Crippen molar-refractivity contribution in [3.05, 3.63) is 24.0 Å². The molecular weight excluding hydrogens is 210 g/mol. The Kier molecular flexibility index (Phi) is 4.37. The van der Waals surface area contributed by atoms with Gasteiger partial charge in [0, 0.05) is 31.5 Å². The highest BCUT2D eigenvalue weighted by Gasteiger charge is 2.20. The van der Waals surface area contributed by atoms with Gasteiger partial charge < -0.3 is 10.2 Å². The number of hydrogen-bond acceptors (Lipinski definition) is 3. The first-order valence-corrected chi connectivity index (χ1v) is 6.68. The van der Waals surface area contributed by atoms with Crippen LogP contribution in [0.25, 0.3) is 0 Å². The third kappa shape index (κ3) is 3.19. The minimum Gasteiger partial charge on any atom is -0.371 e. The minimum absolute atomic E-state index is 0.842. The van der Waals surface area contributed by atoms with Gasteiger partial charge >= 0.3 is 0 Å². The molecule has 1 fully saturated rings. The maximum Gasteiger partial charge on any atom is 0.0562 e. The Balaban J connectivity index is 2.03. The summed E-state index contributed by atoms with van der Waals surface area (Å²) in [6, 6.07) is 4.33. The lowest BCUT2D eigenvalue weighted by Gasteiger charge is -2.33. The van der Waals surface area contributed by atoms with E-state index in [9.17, 15) is 0 Å². The first-order chi connectivity index (χ1) is 8.33. The van der Waals surface area contributed by atoms with E-state index in [4.69, 9.17) is 0 Å². The fourth-order valence-electron chi connectivity index (χ4n) is 2.34. The average Bonchev–Trinajstić information content (AvgIpc) is 2.29. The summed E-state index contributed by atoms with van der Waals surface area (Å²) in [6.45, 7) is 5.37. The maximum atomic E-state index is 4.37. The minimum atomic E-state index is 0.842. The van der Waals surface area contributed by atoms with Gasteiger partial charge in [0.2, 0.25) is 0 Å². The van der Waals surface area contributed by atoms with Gasteiger partial charge in [0.15, 0.2) is 0 Å². The quantitative estimate of drug-likeness (QED) is 0.818. The number of anilines is 1. The zero-order valence-corrected chi connectivity index (χ0v) is 10.9. The van der Waals surface area contributed by atoms with E-state index in [1.54, 1.807) is 0 Å². The van der Waals surface area contributed by atoms with E-state index >= 15 is 0 Å². The Morgan fingerprint density at radius 1 is 1.47 bits per heavy atom.